The standard InChI is InChI=1S/C17H18N2O2/c1-13(11-15(19)20)7-8-17(21,16(12-18)9-10-16)14-5-3-2-4-6-14/h2-8,11,21H,9-10H2,1H3,(H2,19,20)/b8-7+,13-11+/t17-/m1/s1. The number of amides is 1. The van der Waals surface area contributed by atoms with E-state index in [9.17, 15) is 15.2 Å². The zero-order chi connectivity index (χ0) is 15.5. The summed E-state index contributed by atoms with van der Waals surface area (Å²) in [5.41, 5.74) is 4.25. The molecule has 1 fully saturated rings. The van der Waals surface area contributed by atoms with Gasteiger partial charge in [0.25, 0.3) is 0 Å². The molecular weight excluding hydrogens is 264 g/mol. The summed E-state index contributed by atoms with van der Waals surface area (Å²) >= 11 is 0. The van der Waals surface area contributed by atoms with Gasteiger partial charge in [-0.15, -0.1) is 0 Å². The van der Waals surface area contributed by atoms with Crippen molar-refractivity contribution >= 4 is 5.91 Å². The lowest BCUT2D eigenvalue weighted by molar-refractivity contribution is -0.113. The van der Waals surface area contributed by atoms with Crippen molar-refractivity contribution in [2.75, 3.05) is 0 Å². The molecule has 1 aromatic carbocycles. The first kappa shape index (κ1) is 15.0. The van der Waals surface area contributed by atoms with Crippen molar-refractivity contribution in [3.63, 3.8) is 0 Å². The minimum absolute atomic E-state index is 0.540. The number of nitriles is 1. The molecule has 2 rings (SSSR count). The van der Waals surface area contributed by atoms with Crippen molar-refractivity contribution in [2.45, 2.75) is 25.4 Å². The second-order valence-corrected chi connectivity index (χ2v) is 5.45. The SMILES string of the molecule is CC(/C=C/[C@@](O)(c1ccccc1)C1(C#N)CC1)=C\C(N)=O. The van der Waals surface area contributed by atoms with Crippen LogP contribution in [-0.4, -0.2) is 11.0 Å². The van der Waals surface area contributed by atoms with Crippen LogP contribution < -0.4 is 5.73 Å². The molecule has 3 N–H and O–H groups in total. The van der Waals surface area contributed by atoms with Gasteiger partial charge >= 0.3 is 0 Å². The van der Waals surface area contributed by atoms with Crippen LogP contribution in [0.25, 0.3) is 0 Å². The van der Waals surface area contributed by atoms with Gasteiger partial charge in [0, 0.05) is 6.08 Å². The molecule has 1 aliphatic rings. The first-order valence-corrected chi connectivity index (χ1v) is 6.80. The molecule has 0 aliphatic heterocycles. The minimum Gasteiger partial charge on any atom is -0.379 e. The molecule has 0 aromatic heterocycles. The van der Waals surface area contributed by atoms with Gasteiger partial charge in [-0.2, -0.15) is 5.26 Å². The van der Waals surface area contributed by atoms with Gasteiger partial charge in [-0.3, -0.25) is 4.79 Å². The lowest BCUT2D eigenvalue weighted by atomic mass is 9.78. The smallest absolute Gasteiger partial charge is 0.241 e. The van der Waals surface area contributed by atoms with Crippen LogP contribution in [0.1, 0.15) is 25.3 Å². The van der Waals surface area contributed by atoms with Gasteiger partial charge in [0.15, 0.2) is 0 Å². The first-order valence-electron chi connectivity index (χ1n) is 6.80. The summed E-state index contributed by atoms with van der Waals surface area (Å²) in [7, 11) is 0. The fourth-order valence-corrected chi connectivity index (χ4v) is 2.45. The molecule has 1 amide bonds. The summed E-state index contributed by atoms with van der Waals surface area (Å²) in [4.78, 5) is 10.9. The Morgan fingerprint density at radius 3 is 2.52 bits per heavy atom. The molecule has 0 heterocycles. The van der Waals surface area contributed by atoms with E-state index in [4.69, 9.17) is 5.73 Å². The van der Waals surface area contributed by atoms with Crippen LogP contribution in [0.3, 0.4) is 0 Å². The number of carbonyl (C=O) groups excluding carboxylic acids is 1. The first-order chi connectivity index (χ1) is 9.93. The number of rotatable bonds is 5. The Hall–Kier alpha value is -2.38. The van der Waals surface area contributed by atoms with E-state index in [1.807, 2.05) is 18.2 Å². The lowest BCUT2D eigenvalue weighted by Crippen LogP contribution is -2.34. The van der Waals surface area contributed by atoms with Gasteiger partial charge in [0.1, 0.15) is 5.60 Å². The molecule has 0 unspecified atom stereocenters. The summed E-state index contributed by atoms with van der Waals surface area (Å²) in [6.07, 6.45) is 5.81. The van der Waals surface area contributed by atoms with Gasteiger partial charge in [-0.25, -0.2) is 0 Å². The maximum atomic E-state index is 11.1. The van der Waals surface area contributed by atoms with Crippen LogP contribution in [0.2, 0.25) is 0 Å². The van der Waals surface area contributed by atoms with E-state index >= 15 is 0 Å². The quantitative estimate of drug-likeness (QED) is 0.641. The van der Waals surface area contributed by atoms with Crippen LogP contribution >= 0.6 is 0 Å². The Bertz CT molecular complexity index is 637. The normalized spacial score (nSPS) is 19.8. The number of primary amides is 1. The molecule has 4 heteroatoms. The number of nitrogens with two attached hydrogens (primary N) is 1. The van der Waals surface area contributed by atoms with Crippen molar-refractivity contribution in [2.24, 2.45) is 11.1 Å². The van der Waals surface area contributed by atoms with Crippen LogP contribution in [-0.2, 0) is 10.4 Å². The molecule has 0 bridgehead atoms. The van der Waals surface area contributed by atoms with E-state index in [0.29, 0.717) is 24.0 Å². The number of aliphatic hydroxyl groups is 1. The number of carbonyl (C=O) groups is 1. The molecule has 0 saturated heterocycles. The molecule has 1 aromatic rings. The van der Waals surface area contributed by atoms with Gasteiger partial charge in [0.05, 0.1) is 11.5 Å². The average Bonchev–Trinajstić information content (AvgIpc) is 3.26. The maximum absolute atomic E-state index is 11.1. The number of hydrogen-bond acceptors (Lipinski definition) is 3. The zero-order valence-electron chi connectivity index (χ0n) is 11.9. The summed E-state index contributed by atoms with van der Waals surface area (Å²) in [6, 6.07) is 11.4. The fourth-order valence-electron chi connectivity index (χ4n) is 2.45. The highest BCUT2D eigenvalue weighted by Gasteiger charge is 2.59. The molecule has 1 aliphatic carbocycles. The fraction of sp³-hybridized carbons (Fsp3) is 0.294. The third kappa shape index (κ3) is 2.88. The van der Waals surface area contributed by atoms with Crippen molar-refractivity contribution in [1.29, 1.82) is 5.26 Å². The summed E-state index contributed by atoms with van der Waals surface area (Å²) < 4.78 is 0. The molecule has 4 nitrogen and oxygen atoms in total. The Kier molecular flexibility index (Phi) is 3.97. The number of allylic oxidation sites excluding steroid dienone is 2. The van der Waals surface area contributed by atoms with Crippen molar-refractivity contribution in [3.8, 4) is 6.07 Å². The van der Waals surface area contributed by atoms with Crippen LogP contribution in [0, 0.1) is 16.7 Å². The van der Waals surface area contributed by atoms with Crippen LogP contribution in [0.4, 0.5) is 0 Å². The van der Waals surface area contributed by atoms with E-state index in [1.54, 1.807) is 31.2 Å². The van der Waals surface area contributed by atoms with Crippen molar-refractivity contribution in [1.82, 2.24) is 0 Å². The second kappa shape index (κ2) is 5.55. The van der Waals surface area contributed by atoms with E-state index in [2.05, 4.69) is 6.07 Å². The zero-order valence-corrected chi connectivity index (χ0v) is 11.9. The predicted molar refractivity (Wildman–Crippen MR) is 79.7 cm³/mol. The maximum Gasteiger partial charge on any atom is 0.241 e. The Morgan fingerprint density at radius 1 is 1.43 bits per heavy atom. The molecule has 1 atom stereocenters. The topological polar surface area (TPSA) is 87.1 Å². The number of nitrogens with zero attached hydrogens (tertiary/aromatic N) is 1. The van der Waals surface area contributed by atoms with Crippen LogP contribution in [0.15, 0.2) is 54.1 Å². The third-order valence-corrected chi connectivity index (χ3v) is 3.86. The molecular formula is C17H18N2O2. The highest BCUT2D eigenvalue weighted by Crippen LogP contribution is 2.58. The van der Waals surface area contributed by atoms with E-state index in [1.165, 1.54) is 6.08 Å². The highest BCUT2D eigenvalue weighted by atomic mass is 16.3. The van der Waals surface area contributed by atoms with Gasteiger partial charge in [-0.05, 0) is 37.0 Å². The van der Waals surface area contributed by atoms with Crippen molar-refractivity contribution in [3.05, 3.63) is 59.7 Å². The second-order valence-electron chi connectivity index (χ2n) is 5.45. The Balaban J connectivity index is 2.42. The van der Waals surface area contributed by atoms with Gasteiger partial charge in [0.2, 0.25) is 5.91 Å². The highest BCUT2D eigenvalue weighted by molar-refractivity contribution is 5.86. The van der Waals surface area contributed by atoms with E-state index in [-0.39, 0.29) is 0 Å². The Labute approximate surface area is 124 Å². The lowest BCUT2D eigenvalue weighted by Gasteiger charge is -2.30. The molecule has 1 saturated carbocycles. The third-order valence-electron chi connectivity index (χ3n) is 3.86. The largest absolute Gasteiger partial charge is 0.379 e. The summed E-state index contributed by atoms with van der Waals surface area (Å²) in [5, 5.41) is 20.5. The van der Waals surface area contributed by atoms with Gasteiger partial charge < -0.3 is 10.8 Å². The van der Waals surface area contributed by atoms with Crippen molar-refractivity contribution < 1.29 is 9.90 Å². The summed E-state index contributed by atoms with van der Waals surface area (Å²) in [5.74, 6) is -0.540. The Morgan fingerprint density at radius 2 is 2.05 bits per heavy atom. The molecule has 0 spiro atoms. The van der Waals surface area contributed by atoms with Gasteiger partial charge in [-0.1, -0.05) is 36.4 Å². The molecule has 21 heavy (non-hydrogen) atoms. The minimum atomic E-state index is -1.37. The summed E-state index contributed by atoms with van der Waals surface area (Å²) in [6.45, 7) is 1.72. The van der Waals surface area contributed by atoms with E-state index in [0.717, 1.165) is 0 Å². The monoisotopic (exact) mass is 282 g/mol. The average molecular weight is 282 g/mol. The van der Waals surface area contributed by atoms with E-state index < -0.39 is 16.9 Å². The van der Waals surface area contributed by atoms with Crippen LogP contribution in [0.5, 0.6) is 0 Å². The predicted octanol–water partition coefficient (Wildman–Crippen LogP) is 2.17. The molecule has 108 valence electrons. The number of hydrogen-bond donors (Lipinski definition) is 2. The number of benzene rings is 1. The molecule has 0 radical (unpaired) electrons.